The number of nitriles is 1. The Bertz CT molecular complexity index is 1060. The van der Waals surface area contributed by atoms with Crippen molar-refractivity contribution in [3.05, 3.63) is 58.7 Å². The minimum absolute atomic E-state index is 0.193. The Morgan fingerprint density at radius 3 is 2.61 bits per heavy atom. The lowest BCUT2D eigenvalue weighted by Crippen LogP contribution is -2.27. The fraction of sp³-hybridized carbons (Fsp3) is 0.200. The topological polar surface area (TPSA) is 105 Å². The quantitative estimate of drug-likeness (QED) is 0.633. The number of carbonyl (C=O) groups is 2. The predicted molar refractivity (Wildman–Crippen MR) is 104 cm³/mol. The number of anilines is 1. The molecule has 8 heteroatoms. The zero-order valence-corrected chi connectivity index (χ0v) is 16.3. The molecule has 3 rings (SSSR count). The van der Waals surface area contributed by atoms with Crippen molar-refractivity contribution in [2.24, 2.45) is 0 Å². The highest BCUT2D eigenvalue weighted by molar-refractivity contribution is 7.18. The third-order valence-electron chi connectivity index (χ3n) is 3.49. The molecule has 1 amide bonds. The summed E-state index contributed by atoms with van der Waals surface area (Å²) >= 11 is 0.992. The number of carbonyl (C=O) groups excluding carboxylic acids is 2. The summed E-state index contributed by atoms with van der Waals surface area (Å²) in [6, 6.07) is 11.9. The summed E-state index contributed by atoms with van der Waals surface area (Å²) < 4.78 is 10.6. The van der Waals surface area contributed by atoms with Gasteiger partial charge < -0.3 is 9.15 Å². The summed E-state index contributed by atoms with van der Waals surface area (Å²) in [5.74, 6) is 0.00423. The Balaban J connectivity index is 2.00. The highest BCUT2D eigenvalue weighted by Crippen LogP contribution is 2.34. The SMILES string of the molecule is CC(C)(C)OC(=O)Nc1nc(-c2ccco2)c(C(=O)c2ccccc2C#N)s1. The number of furan rings is 1. The van der Waals surface area contributed by atoms with E-state index in [0.717, 1.165) is 11.3 Å². The van der Waals surface area contributed by atoms with Gasteiger partial charge in [0, 0.05) is 5.56 Å². The highest BCUT2D eigenvalue weighted by atomic mass is 32.1. The van der Waals surface area contributed by atoms with Crippen LogP contribution in [-0.4, -0.2) is 22.5 Å². The molecule has 28 heavy (non-hydrogen) atoms. The Hall–Kier alpha value is -3.44. The third kappa shape index (κ3) is 4.27. The summed E-state index contributed by atoms with van der Waals surface area (Å²) in [6.45, 7) is 5.24. The predicted octanol–water partition coefficient (Wildman–Crippen LogP) is 4.85. The van der Waals surface area contributed by atoms with Crippen molar-refractivity contribution < 1.29 is 18.7 Å². The minimum atomic E-state index is -0.677. The lowest BCUT2D eigenvalue weighted by molar-refractivity contribution is 0.0635. The maximum atomic E-state index is 13.1. The van der Waals surface area contributed by atoms with Gasteiger partial charge in [-0.15, -0.1) is 0 Å². The Kier molecular flexibility index (Phi) is 5.29. The molecule has 0 aliphatic carbocycles. The van der Waals surface area contributed by atoms with E-state index in [9.17, 15) is 14.9 Å². The van der Waals surface area contributed by atoms with Gasteiger partial charge in [-0.05, 0) is 45.0 Å². The van der Waals surface area contributed by atoms with Crippen molar-refractivity contribution in [1.29, 1.82) is 5.26 Å². The van der Waals surface area contributed by atoms with E-state index in [1.54, 1.807) is 57.2 Å². The molecular weight excluding hydrogens is 378 g/mol. The number of ketones is 1. The molecule has 0 fully saturated rings. The molecule has 0 atom stereocenters. The van der Waals surface area contributed by atoms with Crippen molar-refractivity contribution in [2.45, 2.75) is 26.4 Å². The zero-order valence-electron chi connectivity index (χ0n) is 15.5. The molecule has 0 bridgehead atoms. The first-order chi connectivity index (χ1) is 13.3. The van der Waals surface area contributed by atoms with Gasteiger partial charge in [-0.25, -0.2) is 9.78 Å². The smallest absolute Gasteiger partial charge is 0.413 e. The number of ether oxygens (including phenoxy) is 1. The van der Waals surface area contributed by atoms with E-state index in [2.05, 4.69) is 10.3 Å². The normalized spacial score (nSPS) is 10.9. The second-order valence-corrected chi connectivity index (χ2v) is 7.79. The average Bonchev–Trinajstić information content (AvgIpc) is 3.28. The first kappa shape index (κ1) is 19.3. The lowest BCUT2D eigenvalue weighted by atomic mass is 10.0. The summed E-state index contributed by atoms with van der Waals surface area (Å²) in [5, 5.41) is 12.0. The molecule has 2 heterocycles. The van der Waals surface area contributed by atoms with Gasteiger partial charge in [0.2, 0.25) is 5.78 Å². The molecule has 1 N–H and O–H groups in total. The van der Waals surface area contributed by atoms with Gasteiger partial charge >= 0.3 is 6.09 Å². The fourth-order valence-corrected chi connectivity index (χ4v) is 3.31. The second kappa shape index (κ2) is 7.66. The van der Waals surface area contributed by atoms with E-state index in [1.165, 1.54) is 6.26 Å². The maximum Gasteiger partial charge on any atom is 0.413 e. The van der Waals surface area contributed by atoms with E-state index in [4.69, 9.17) is 9.15 Å². The maximum absolute atomic E-state index is 13.1. The van der Waals surface area contributed by atoms with Crippen molar-refractivity contribution in [1.82, 2.24) is 4.98 Å². The molecule has 3 aromatic rings. The first-order valence-corrected chi connectivity index (χ1v) is 9.18. The van der Waals surface area contributed by atoms with Crippen molar-refractivity contribution >= 4 is 28.3 Å². The fourth-order valence-electron chi connectivity index (χ4n) is 2.40. The number of thiazole rings is 1. The molecule has 7 nitrogen and oxygen atoms in total. The van der Waals surface area contributed by atoms with Crippen LogP contribution in [0.15, 0.2) is 47.1 Å². The molecule has 0 aliphatic rings. The van der Waals surface area contributed by atoms with E-state index in [0.29, 0.717) is 11.5 Å². The minimum Gasteiger partial charge on any atom is -0.463 e. The number of hydrogen-bond donors (Lipinski definition) is 1. The molecule has 0 unspecified atom stereocenters. The van der Waals surface area contributed by atoms with Crippen LogP contribution in [0.4, 0.5) is 9.93 Å². The largest absolute Gasteiger partial charge is 0.463 e. The molecule has 142 valence electrons. The number of nitrogens with one attached hydrogen (secondary N) is 1. The second-order valence-electron chi connectivity index (χ2n) is 6.79. The Morgan fingerprint density at radius 2 is 1.96 bits per heavy atom. The average molecular weight is 395 g/mol. The van der Waals surface area contributed by atoms with Crippen molar-refractivity contribution in [2.75, 3.05) is 5.32 Å². The molecule has 1 aromatic carbocycles. The van der Waals surface area contributed by atoms with Gasteiger partial charge in [-0.1, -0.05) is 23.5 Å². The number of aromatic nitrogens is 1. The van der Waals surface area contributed by atoms with Crippen LogP contribution in [0.3, 0.4) is 0 Å². The molecule has 0 spiro atoms. The van der Waals surface area contributed by atoms with Crippen LogP contribution in [0.2, 0.25) is 0 Å². The molecule has 2 aromatic heterocycles. The van der Waals surface area contributed by atoms with E-state index >= 15 is 0 Å². The number of nitrogens with zero attached hydrogens (tertiary/aromatic N) is 2. The molecule has 0 saturated heterocycles. The number of hydrogen-bond acceptors (Lipinski definition) is 7. The molecule has 0 saturated carbocycles. The Labute approximate surface area is 165 Å². The van der Waals surface area contributed by atoms with Crippen LogP contribution in [0, 0.1) is 11.3 Å². The molecule has 0 radical (unpaired) electrons. The summed E-state index contributed by atoms with van der Waals surface area (Å²) in [7, 11) is 0. The zero-order chi connectivity index (χ0) is 20.3. The van der Waals surface area contributed by atoms with Gasteiger partial charge in [0.1, 0.15) is 16.2 Å². The van der Waals surface area contributed by atoms with Crippen LogP contribution >= 0.6 is 11.3 Å². The molecule has 0 aliphatic heterocycles. The van der Waals surface area contributed by atoms with Crippen LogP contribution < -0.4 is 5.32 Å². The van der Waals surface area contributed by atoms with Gasteiger partial charge in [0.05, 0.1) is 17.9 Å². The van der Waals surface area contributed by atoms with E-state index < -0.39 is 11.7 Å². The summed E-state index contributed by atoms with van der Waals surface area (Å²) in [5.41, 5.74) is 0.132. The van der Waals surface area contributed by atoms with Gasteiger partial charge in [0.25, 0.3) is 0 Å². The van der Waals surface area contributed by atoms with Crippen molar-refractivity contribution in [3.8, 4) is 17.5 Å². The van der Waals surface area contributed by atoms with Crippen LogP contribution in [-0.2, 0) is 4.74 Å². The van der Waals surface area contributed by atoms with Crippen molar-refractivity contribution in [3.63, 3.8) is 0 Å². The van der Waals surface area contributed by atoms with Gasteiger partial charge in [-0.3, -0.25) is 10.1 Å². The highest BCUT2D eigenvalue weighted by Gasteiger charge is 2.25. The number of amides is 1. The van der Waals surface area contributed by atoms with E-state index in [1.807, 2.05) is 6.07 Å². The van der Waals surface area contributed by atoms with Crippen LogP contribution in [0.25, 0.3) is 11.5 Å². The summed E-state index contributed by atoms with van der Waals surface area (Å²) in [4.78, 5) is 29.7. The first-order valence-electron chi connectivity index (χ1n) is 8.37. The third-order valence-corrected chi connectivity index (χ3v) is 4.46. The van der Waals surface area contributed by atoms with Gasteiger partial charge in [0.15, 0.2) is 10.9 Å². The Morgan fingerprint density at radius 1 is 1.21 bits per heavy atom. The number of benzene rings is 1. The van der Waals surface area contributed by atoms with E-state index in [-0.39, 0.29) is 26.9 Å². The van der Waals surface area contributed by atoms with Crippen LogP contribution in [0.5, 0.6) is 0 Å². The standard InChI is InChI=1S/C20H17N3O4S/c1-20(2,3)27-19(25)23-18-22-15(14-9-6-10-26-14)17(28-18)16(24)13-8-5-4-7-12(13)11-21/h4-10H,1-3H3,(H,22,23,25). The lowest BCUT2D eigenvalue weighted by Gasteiger charge is -2.18. The van der Waals surface area contributed by atoms with Crippen LogP contribution in [0.1, 0.15) is 41.6 Å². The molecular formula is C20H17N3O4S. The summed E-state index contributed by atoms with van der Waals surface area (Å²) in [6.07, 6.45) is 0.788. The monoisotopic (exact) mass is 395 g/mol. The van der Waals surface area contributed by atoms with Gasteiger partial charge in [-0.2, -0.15) is 5.26 Å². The number of rotatable bonds is 4.